The van der Waals surface area contributed by atoms with Gasteiger partial charge in [0.15, 0.2) is 0 Å². The molecule has 2 aromatic rings. The van der Waals surface area contributed by atoms with E-state index < -0.39 is 0 Å². The Morgan fingerprint density at radius 1 is 1.35 bits per heavy atom. The molecule has 1 aromatic heterocycles. The van der Waals surface area contributed by atoms with E-state index in [1.165, 1.54) is 6.07 Å². The van der Waals surface area contributed by atoms with Crippen LogP contribution in [0, 0.1) is 5.82 Å². The Bertz CT molecular complexity index is 505. The Morgan fingerprint density at radius 2 is 2.12 bits per heavy atom. The second kappa shape index (κ2) is 4.99. The van der Waals surface area contributed by atoms with E-state index in [0.29, 0.717) is 16.9 Å². The van der Waals surface area contributed by atoms with E-state index in [0.717, 1.165) is 19.4 Å². The number of rotatable bonds is 4. The van der Waals surface area contributed by atoms with Crippen LogP contribution in [0.3, 0.4) is 0 Å². The fourth-order valence-corrected chi connectivity index (χ4v) is 1.73. The van der Waals surface area contributed by atoms with Crippen molar-refractivity contribution in [3.8, 4) is 11.3 Å². The van der Waals surface area contributed by atoms with Crippen molar-refractivity contribution in [1.82, 2.24) is 9.78 Å². The van der Waals surface area contributed by atoms with Crippen LogP contribution in [0.4, 0.5) is 10.1 Å². The third kappa shape index (κ3) is 2.46. The molecule has 1 aromatic carbocycles. The smallest absolute Gasteiger partial charge is 0.132 e. The molecule has 1 heterocycles. The summed E-state index contributed by atoms with van der Waals surface area (Å²) < 4.78 is 15.4. The largest absolute Gasteiger partial charge is 0.396 e. The highest BCUT2D eigenvalue weighted by atomic mass is 19.1. The second-order valence-electron chi connectivity index (χ2n) is 4.03. The first kappa shape index (κ1) is 11.6. The van der Waals surface area contributed by atoms with E-state index in [-0.39, 0.29) is 5.82 Å². The number of hydrogen-bond donors (Lipinski definition) is 1. The van der Waals surface area contributed by atoms with Crippen molar-refractivity contribution in [2.75, 3.05) is 5.73 Å². The monoisotopic (exact) mass is 233 g/mol. The molecular weight excluding hydrogens is 217 g/mol. The molecule has 0 saturated heterocycles. The average molecular weight is 233 g/mol. The van der Waals surface area contributed by atoms with Crippen LogP contribution < -0.4 is 5.73 Å². The molecule has 0 spiro atoms. The van der Waals surface area contributed by atoms with Gasteiger partial charge in [-0.25, -0.2) is 4.39 Å². The van der Waals surface area contributed by atoms with Crippen molar-refractivity contribution in [3.05, 3.63) is 36.3 Å². The number of unbranched alkanes of at least 4 members (excludes halogenated alkanes) is 1. The molecule has 2 N–H and O–H groups in total. The summed E-state index contributed by atoms with van der Waals surface area (Å²) in [4.78, 5) is 0. The first-order chi connectivity index (χ1) is 8.22. The van der Waals surface area contributed by atoms with Gasteiger partial charge in [-0.1, -0.05) is 25.5 Å². The third-order valence-electron chi connectivity index (χ3n) is 2.66. The number of halogens is 1. The quantitative estimate of drug-likeness (QED) is 0.882. The Morgan fingerprint density at radius 3 is 2.82 bits per heavy atom. The molecule has 0 amide bonds. The standard InChI is InChI=1S/C13H16FN3/c1-2-3-8-17-9-12(15)13(16-17)10-6-4-5-7-11(10)14/h4-7,9H,2-3,8,15H2,1H3. The zero-order valence-electron chi connectivity index (χ0n) is 9.86. The molecule has 0 radical (unpaired) electrons. The van der Waals surface area contributed by atoms with Crippen molar-refractivity contribution in [2.24, 2.45) is 0 Å². The van der Waals surface area contributed by atoms with E-state index in [9.17, 15) is 4.39 Å². The molecule has 2 rings (SSSR count). The van der Waals surface area contributed by atoms with Crippen LogP contribution >= 0.6 is 0 Å². The van der Waals surface area contributed by atoms with Gasteiger partial charge in [0.25, 0.3) is 0 Å². The Balaban J connectivity index is 2.33. The maximum absolute atomic E-state index is 13.6. The summed E-state index contributed by atoms with van der Waals surface area (Å²) in [6.45, 7) is 2.93. The fourth-order valence-electron chi connectivity index (χ4n) is 1.73. The van der Waals surface area contributed by atoms with Crippen molar-refractivity contribution < 1.29 is 4.39 Å². The number of benzene rings is 1. The van der Waals surface area contributed by atoms with Gasteiger partial charge in [0.05, 0.1) is 5.69 Å². The van der Waals surface area contributed by atoms with Gasteiger partial charge in [-0.3, -0.25) is 4.68 Å². The van der Waals surface area contributed by atoms with Gasteiger partial charge >= 0.3 is 0 Å². The van der Waals surface area contributed by atoms with Gasteiger partial charge in [0, 0.05) is 18.3 Å². The molecule has 0 aliphatic heterocycles. The van der Waals surface area contributed by atoms with E-state index >= 15 is 0 Å². The molecule has 0 saturated carbocycles. The minimum atomic E-state index is -0.292. The lowest BCUT2D eigenvalue weighted by molar-refractivity contribution is 0.572. The zero-order chi connectivity index (χ0) is 12.3. The highest BCUT2D eigenvalue weighted by Crippen LogP contribution is 2.26. The summed E-state index contributed by atoms with van der Waals surface area (Å²) in [7, 11) is 0. The number of nitrogens with zero attached hydrogens (tertiary/aromatic N) is 2. The molecule has 0 bridgehead atoms. The molecule has 3 nitrogen and oxygen atoms in total. The molecule has 17 heavy (non-hydrogen) atoms. The molecule has 0 fully saturated rings. The molecular formula is C13H16FN3. The lowest BCUT2D eigenvalue weighted by Crippen LogP contribution is -1.98. The van der Waals surface area contributed by atoms with Crippen LogP contribution in [0.25, 0.3) is 11.3 Å². The van der Waals surface area contributed by atoms with Crippen LogP contribution in [0.2, 0.25) is 0 Å². The van der Waals surface area contributed by atoms with E-state index in [1.807, 2.05) is 0 Å². The van der Waals surface area contributed by atoms with Crippen molar-refractivity contribution >= 4 is 5.69 Å². The lowest BCUT2D eigenvalue weighted by Gasteiger charge is -2.00. The summed E-state index contributed by atoms with van der Waals surface area (Å²) in [5.41, 5.74) is 7.37. The Labute approximate surface area is 100 Å². The predicted octanol–water partition coefficient (Wildman–Crippen LogP) is 3.07. The van der Waals surface area contributed by atoms with Gasteiger partial charge in [-0.15, -0.1) is 0 Å². The number of nitrogen functional groups attached to an aromatic ring is 1. The number of aryl methyl sites for hydroxylation is 1. The number of aromatic nitrogens is 2. The lowest BCUT2D eigenvalue weighted by atomic mass is 10.1. The van der Waals surface area contributed by atoms with Crippen molar-refractivity contribution in [3.63, 3.8) is 0 Å². The normalized spacial score (nSPS) is 10.7. The van der Waals surface area contributed by atoms with Crippen LogP contribution in [0.5, 0.6) is 0 Å². The molecule has 0 aliphatic carbocycles. The van der Waals surface area contributed by atoms with Gasteiger partial charge in [-0.05, 0) is 18.6 Å². The minimum absolute atomic E-state index is 0.292. The Hall–Kier alpha value is -1.84. The number of hydrogen-bond acceptors (Lipinski definition) is 2. The van der Waals surface area contributed by atoms with E-state index in [2.05, 4.69) is 12.0 Å². The molecule has 4 heteroatoms. The van der Waals surface area contributed by atoms with E-state index in [4.69, 9.17) is 5.73 Å². The average Bonchev–Trinajstić information content (AvgIpc) is 2.68. The first-order valence-electron chi connectivity index (χ1n) is 5.80. The fraction of sp³-hybridized carbons (Fsp3) is 0.308. The van der Waals surface area contributed by atoms with E-state index in [1.54, 1.807) is 29.1 Å². The summed E-state index contributed by atoms with van der Waals surface area (Å²) in [6.07, 6.45) is 3.89. The SMILES string of the molecule is CCCCn1cc(N)c(-c2ccccc2F)n1. The summed E-state index contributed by atoms with van der Waals surface area (Å²) >= 11 is 0. The summed E-state index contributed by atoms with van der Waals surface area (Å²) in [5, 5.41) is 4.33. The zero-order valence-corrected chi connectivity index (χ0v) is 9.86. The van der Waals surface area contributed by atoms with Gasteiger partial charge in [-0.2, -0.15) is 5.10 Å². The summed E-state index contributed by atoms with van der Waals surface area (Å²) in [5.74, 6) is -0.292. The van der Waals surface area contributed by atoms with Gasteiger partial charge in [0.2, 0.25) is 0 Å². The van der Waals surface area contributed by atoms with Crippen LogP contribution in [0.15, 0.2) is 30.5 Å². The van der Waals surface area contributed by atoms with Gasteiger partial charge in [0.1, 0.15) is 11.5 Å². The molecule has 0 atom stereocenters. The highest BCUT2D eigenvalue weighted by Gasteiger charge is 2.11. The second-order valence-corrected chi connectivity index (χ2v) is 4.03. The maximum atomic E-state index is 13.6. The van der Waals surface area contributed by atoms with Crippen LogP contribution in [0.1, 0.15) is 19.8 Å². The highest BCUT2D eigenvalue weighted by molar-refractivity contribution is 5.72. The molecule has 0 aliphatic rings. The van der Waals surface area contributed by atoms with Crippen molar-refractivity contribution in [1.29, 1.82) is 0 Å². The summed E-state index contributed by atoms with van der Waals surface area (Å²) in [6, 6.07) is 6.55. The number of anilines is 1. The maximum Gasteiger partial charge on any atom is 0.132 e. The Kier molecular flexibility index (Phi) is 3.42. The minimum Gasteiger partial charge on any atom is -0.396 e. The van der Waals surface area contributed by atoms with Gasteiger partial charge < -0.3 is 5.73 Å². The molecule has 0 unspecified atom stereocenters. The number of nitrogens with two attached hydrogens (primary N) is 1. The topological polar surface area (TPSA) is 43.8 Å². The van der Waals surface area contributed by atoms with Crippen LogP contribution in [-0.2, 0) is 6.54 Å². The predicted molar refractivity (Wildman–Crippen MR) is 66.9 cm³/mol. The van der Waals surface area contributed by atoms with Crippen LogP contribution in [-0.4, -0.2) is 9.78 Å². The van der Waals surface area contributed by atoms with Crippen molar-refractivity contribution in [2.45, 2.75) is 26.3 Å². The molecule has 90 valence electrons. The first-order valence-corrected chi connectivity index (χ1v) is 5.80. The third-order valence-corrected chi connectivity index (χ3v) is 2.66.